The van der Waals surface area contributed by atoms with Gasteiger partial charge in [0.2, 0.25) is 0 Å². The Bertz CT molecular complexity index is 580. The highest BCUT2D eigenvalue weighted by atomic mass is 79.9. The molecular weight excluding hydrogens is 299 g/mol. The number of hydrogen-bond donors (Lipinski definition) is 0. The molecule has 0 fully saturated rings. The van der Waals surface area contributed by atoms with E-state index < -0.39 is 0 Å². The number of halogens is 2. The summed E-state index contributed by atoms with van der Waals surface area (Å²) in [6.07, 6.45) is 3.73. The van der Waals surface area contributed by atoms with Crippen molar-refractivity contribution in [1.29, 1.82) is 0 Å². The van der Waals surface area contributed by atoms with Gasteiger partial charge in [0.25, 0.3) is 0 Å². The van der Waals surface area contributed by atoms with Crippen molar-refractivity contribution in [2.75, 3.05) is 0 Å². The standard InChI is InChI=1S/C13H12BrFN2O/c1-2-17-6-5-16-13(17)8-12(18)9-3-4-11(15)10(14)7-9/h3-7H,2,8H2,1H3. The highest BCUT2D eigenvalue weighted by Gasteiger charge is 2.12. The SMILES string of the molecule is CCn1ccnc1CC(=O)c1ccc(F)c(Br)c1. The number of rotatable bonds is 4. The molecule has 0 saturated carbocycles. The maximum Gasteiger partial charge on any atom is 0.170 e. The van der Waals surface area contributed by atoms with Crippen LogP contribution in [0.1, 0.15) is 23.1 Å². The van der Waals surface area contributed by atoms with E-state index in [0.29, 0.717) is 10.0 Å². The smallest absolute Gasteiger partial charge is 0.170 e. The molecule has 0 aliphatic carbocycles. The van der Waals surface area contributed by atoms with E-state index in [1.807, 2.05) is 17.7 Å². The van der Waals surface area contributed by atoms with Gasteiger partial charge in [0.05, 0.1) is 10.9 Å². The second-order valence-electron chi connectivity index (χ2n) is 3.86. The lowest BCUT2D eigenvalue weighted by Crippen LogP contribution is -2.09. The number of carbonyl (C=O) groups is 1. The number of ketones is 1. The van der Waals surface area contributed by atoms with Gasteiger partial charge < -0.3 is 4.57 Å². The van der Waals surface area contributed by atoms with Crippen molar-refractivity contribution in [3.8, 4) is 0 Å². The topological polar surface area (TPSA) is 34.9 Å². The van der Waals surface area contributed by atoms with Crippen molar-refractivity contribution in [1.82, 2.24) is 9.55 Å². The molecule has 2 aromatic rings. The van der Waals surface area contributed by atoms with Crippen LogP contribution in [0.3, 0.4) is 0 Å². The zero-order chi connectivity index (χ0) is 13.1. The summed E-state index contributed by atoms with van der Waals surface area (Å²) in [7, 11) is 0. The molecule has 0 atom stereocenters. The van der Waals surface area contributed by atoms with Gasteiger partial charge in [-0.05, 0) is 41.1 Å². The average molecular weight is 311 g/mol. The van der Waals surface area contributed by atoms with Crippen LogP contribution in [0.15, 0.2) is 35.1 Å². The molecule has 0 bridgehead atoms. The van der Waals surface area contributed by atoms with E-state index in [1.54, 1.807) is 6.20 Å². The van der Waals surface area contributed by atoms with Gasteiger partial charge in [0.1, 0.15) is 11.6 Å². The highest BCUT2D eigenvalue weighted by molar-refractivity contribution is 9.10. The van der Waals surface area contributed by atoms with Gasteiger partial charge >= 0.3 is 0 Å². The van der Waals surface area contributed by atoms with E-state index in [-0.39, 0.29) is 18.0 Å². The van der Waals surface area contributed by atoms with Gasteiger partial charge in [0.15, 0.2) is 5.78 Å². The minimum Gasteiger partial charge on any atom is -0.335 e. The third kappa shape index (κ3) is 2.67. The Morgan fingerprint density at radius 1 is 1.50 bits per heavy atom. The second-order valence-corrected chi connectivity index (χ2v) is 4.71. The molecule has 0 N–H and O–H groups in total. The summed E-state index contributed by atoms with van der Waals surface area (Å²) < 4.78 is 15.3. The fraction of sp³-hybridized carbons (Fsp3) is 0.231. The number of Topliss-reactive ketones (excluding diaryl/α,β-unsaturated/α-hetero) is 1. The lowest BCUT2D eigenvalue weighted by atomic mass is 10.1. The maximum atomic E-state index is 13.1. The molecule has 18 heavy (non-hydrogen) atoms. The summed E-state index contributed by atoms with van der Waals surface area (Å²) in [5.74, 6) is 0.279. The predicted octanol–water partition coefficient (Wildman–Crippen LogP) is 3.23. The number of aryl methyl sites for hydroxylation is 1. The lowest BCUT2D eigenvalue weighted by molar-refractivity contribution is 0.0989. The van der Waals surface area contributed by atoms with Crippen molar-refractivity contribution < 1.29 is 9.18 Å². The predicted molar refractivity (Wildman–Crippen MR) is 70.0 cm³/mol. The molecule has 3 nitrogen and oxygen atoms in total. The van der Waals surface area contributed by atoms with Crippen molar-refractivity contribution in [2.24, 2.45) is 0 Å². The molecule has 0 aliphatic rings. The molecule has 0 aliphatic heterocycles. The Kier molecular flexibility index (Phi) is 3.91. The maximum absolute atomic E-state index is 13.1. The molecule has 0 spiro atoms. The van der Waals surface area contributed by atoms with Crippen LogP contribution in [0.5, 0.6) is 0 Å². The number of carbonyl (C=O) groups excluding carboxylic acids is 1. The van der Waals surface area contributed by atoms with E-state index in [4.69, 9.17) is 0 Å². The van der Waals surface area contributed by atoms with Gasteiger partial charge in [-0.25, -0.2) is 9.37 Å². The van der Waals surface area contributed by atoms with Crippen molar-refractivity contribution in [3.63, 3.8) is 0 Å². The van der Waals surface area contributed by atoms with Crippen molar-refractivity contribution >= 4 is 21.7 Å². The van der Waals surface area contributed by atoms with Crippen LogP contribution < -0.4 is 0 Å². The summed E-state index contributed by atoms with van der Waals surface area (Å²) in [6.45, 7) is 2.76. The van der Waals surface area contributed by atoms with Crippen molar-refractivity contribution in [3.05, 3.63) is 52.3 Å². The first kappa shape index (κ1) is 13.0. The molecule has 0 amide bonds. The molecule has 94 valence electrons. The largest absolute Gasteiger partial charge is 0.335 e. The second kappa shape index (κ2) is 5.44. The average Bonchev–Trinajstić information content (AvgIpc) is 2.79. The van der Waals surface area contributed by atoms with Gasteiger partial charge in [-0.2, -0.15) is 0 Å². The third-order valence-electron chi connectivity index (χ3n) is 2.70. The van der Waals surface area contributed by atoms with Gasteiger partial charge in [-0.3, -0.25) is 4.79 Å². The fourth-order valence-corrected chi connectivity index (χ4v) is 2.09. The minimum absolute atomic E-state index is 0.0726. The monoisotopic (exact) mass is 310 g/mol. The Morgan fingerprint density at radius 2 is 2.28 bits per heavy atom. The van der Waals surface area contributed by atoms with Crippen LogP contribution in [0.4, 0.5) is 4.39 Å². The number of imidazole rings is 1. The van der Waals surface area contributed by atoms with Crippen LogP contribution in [-0.4, -0.2) is 15.3 Å². The summed E-state index contributed by atoms with van der Waals surface area (Å²) in [5.41, 5.74) is 0.480. The molecule has 5 heteroatoms. The Morgan fingerprint density at radius 3 is 2.94 bits per heavy atom. The first-order chi connectivity index (χ1) is 8.61. The van der Waals surface area contributed by atoms with E-state index in [0.717, 1.165) is 12.4 Å². The quantitative estimate of drug-likeness (QED) is 0.813. The van der Waals surface area contributed by atoms with E-state index >= 15 is 0 Å². The molecule has 2 rings (SSSR count). The van der Waals surface area contributed by atoms with Gasteiger partial charge in [-0.1, -0.05) is 0 Å². The van der Waals surface area contributed by atoms with Crippen molar-refractivity contribution in [2.45, 2.75) is 19.9 Å². The summed E-state index contributed by atoms with van der Waals surface area (Å²) in [5, 5.41) is 0. The van der Waals surface area contributed by atoms with Crippen LogP contribution >= 0.6 is 15.9 Å². The lowest BCUT2D eigenvalue weighted by Gasteiger charge is -2.05. The zero-order valence-electron chi connectivity index (χ0n) is 9.86. The summed E-state index contributed by atoms with van der Waals surface area (Å²) >= 11 is 3.07. The molecule has 0 radical (unpaired) electrons. The Labute approximate surface area is 113 Å². The third-order valence-corrected chi connectivity index (χ3v) is 3.31. The summed E-state index contributed by atoms with van der Waals surface area (Å²) in [4.78, 5) is 16.2. The van der Waals surface area contributed by atoms with Gasteiger partial charge in [0, 0.05) is 24.5 Å². The van der Waals surface area contributed by atoms with Crippen LogP contribution in [0, 0.1) is 5.82 Å². The minimum atomic E-state index is -0.374. The number of hydrogen-bond acceptors (Lipinski definition) is 2. The number of nitrogens with zero attached hydrogens (tertiary/aromatic N) is 2. The molecule has 0 saturated heterocycles. The van der Waals surface area contributed by atoms with E-state index in [2.05, 4.69) is 20.9 Å². The van der Waals surface area contributed by atoms with Crippen LogP contribution in [0.25, 0.3) is 0 Å². The van der Waals surface area contributed by atoms with Gasteiger partial charge in [-0.15, -0.1) is 0 Å². The molecular formula is C13H12BrFN2O. The zero-order valence-corrected chi connectivity index (χ0v) is 11.4. The van der Waals surface area contributed by atoms with E-state index in [1.165, 1.54) is 18.2 Å². The molecule has 1 aromatic carbocycles. The fourth-order valence-electron chi connectivity index (χ4n) is 1.71. The summed E-state index contributed by atoms with van der Waals surface area (Å²) in [6, 6.07) is 4.27. The first-order valence-electron chi connectivity index (χ1n) is 5.60. The Hall–Kier alpha value is -1.49. The normalized spacial score (nSPS) is 10.6. The van der Waals surface area contributed by atoms with Crippen LogP contribution in [0.2, 0.25) is 0 Å². The van der Waals surface area contributed by atoms with E-state index in [9.17, 15) is 9.18 Å². The highest BCUT2D eigenvalue weighted by Crippen LogP contribution is 2.18. The molecule has 1 heterocycles. The first-order valence-corrected chi connectivity index (χ1v) is 6.39. The van der Waals surface area contributed by atoms with Crippen LogP contribution in [-0.2, 0) is 13.0 Å². The Balaban J connectivity index is 2.19. The molecule has 0 unspecified atom stereocenters. The molecule has 1 aromatic heterocycles. The number of aromatic nitrogens is 2. The number of benzene rings is 1.